The van der Waals surface area contributed by atoms with Gasteiger partial charge in [0.05, 0.1) is 6.54 Å². The molecule has 0 heterocycles. The van der Waals surface area contributed by atoms with E-state index in [0.29, 0.717) is 12.2 Å². The van der Waals surface area contributed by atoms with Crippen LogP contribution in [0, 0.1) is 10.8 Å². The smallest absolute Gasteiger partial charge is 0.136 e. The third-order valence-corrected chi connectivity index (χ3v) is 3.59. The molecule has 0 aliphatic heterocycles. The number of nitrogens with zero attached hydrogens (tertiary/aromatic N) is 1. The van der Waals surface area contributed by atoms with Gasteiger partial charge in [-0.15, -0.1) is 0 Å². The number of hydrogen-bond acceptors (Lipinski definition) is 3. The Morgan fingerprint density at radius 3 is 2.65 bits per heavy atom. The maximum absolute atomic E-state index is 11.9. The zero-order valence-electron chi connectivity index (χ0n) is 9.84. The van der Waals surface area contributed by atoms with Gasteiger partial charge in [0, 0.05) is 18.3 Å². The molecule has 1 aromatic carbocycles. The van der Waals surface area contributed by atoms with Crippen molar-refractivity contribution in [2.24, 2.45) is 11.1 Å². The van der Waals surface area contributed by atoms with Crippen LogP contribution < -0.4 is 0 Å². The Morgan fingerprint density at radius 1 is 1.24 bits per heavy atom. The number of carbonyl (C=O) groups is 1. The third-order valence-electron chi connectivity index (χ3n) is 3.59. The van der Waals surface area contributed by atoms with E-state index in [4.69, 9.17) is 0 Å². The average molecular weight is 231 g/mol. The average Bonchev–Trinajstić information content (AvgIpc) is 2.38. The standard InChI is InChI=1S/C14H17NO2/c16-14-9-5-4-8-12(14)13(10-15-17)11-6-2-1-3-7-11/h1-3,6-7,12-13H,4-5,8-10H2/t12-,13-/m0/s1. The van der Waals surface area contributed by atoms with E-state index < -0.39 is 0 Å². The van der Waals surface area contributed by atoms with Crippen LogP contribution >= 0.6 is 0 Å². The van der Waals surface area contributed by atoms with Gasteiger partial charge in [0.2, 0.25) is 0 Å². The van der Waals surface area contributed by atoms with Crippen molar-refractivity contribution in [3.8, 4) is 0 Å². The molecular formula is C14H17NO2. The minimum absolute atomic E-state index is 0.0103. The summed E-state index contributed by atoms with van der Waals surface area (Å²) in [7, 11) is 0. The van der Waals surface area contributed by atoms with Gasteiger partial charge in [-0.3, -0.25) is 4.79 Å². The van der Waals surface area contributed by atoms with Gasteiger partial charge in [0.15, 0.2) is 0 Å². The molecule has 0 aromatic heterocycles. The van der Waals surface area contributed by atoms with Crippen LogP contribution in [0.4, 0.5) is 0 Å². The highest BCUT2D eigenvalue weighted by atomic mass is 16.3. The van der Waals surface area contributed by atoms with Gasteiger partial charge in [-0.1, -0.05) is 41.9 Å². The highest BCUT2D eigenvalue weighted by molar-refractivity contribution is 5.82. The van der Waals surface area contributed by atoms with Crippen molar-refractivity contribution in [1.82, 2.24) is 0 Å². The summed E-state index contributed by atoms with van der Waals surface area (Å²) in [5, 5.41) is 3.02. The maximum atomic E-state index is 11.9. The van der Waals surface area contributed by atoms with Crippen molar-refractivity contribution < 1.29 is 4.79 Å². The van der Waals surface area contributed by atoms with Gasteiger partial charge in [0.25, 0.3) is 0 Å². The van der Waals surface area contributed by atoms with Crippen molar-refractivity contribution in [3.05, 3.63) is 40.8 Å². The molecule has 90 valence electrons. The first-order valence-electron chi connectivity index (χ1n) is 6.19. The molecule has 1 aliphatic carbocycles. The summed E-state index contributed by atoms with van der Waals surface area (Å²) in [6.45, 7) is 0.209. The maximum Gasteiger partial charge on any atom is 0.136 e. The summed E-state index contributed by atoms with van der Waals surface area (Å²) >= 11 is 0. The lowest BCUT2D eigenvalue weighted by Crippen LogP contribution is -2.27. The highest BCUT2D eigenvalue weighted by Gasteiger charge is 2.31. The summed E-state index contributed by atoms with van der Waals surface area (Å²) in [5.41, 5.74) is 1.06. The Balaban J connectivity index is 2.22. The third kappa shape index (κ3) is 2.78. The molecule has 0 saturated heterocycles. The number of Topliss-reactive ketones (excluding diaryl/α,β-unsaturated/α-hetero) is 1. The molecule has 2 rings (SSSR count). The zero-order chi connectivity index (χ0) is 12.1. The van der Waals surface area contributed by atoms with Gasteiger partial charge in [0.1, 0.15) is 5.78 Å². The molecule has 2 atom stereocenters. The van der Waals surface area contributed by atoms with Crippen molar-refractivity contribution in [2.45, 2.75) is 31.6 Å². The van der Waals surface area contributed by atoms with E-state index in [-0.39, 0.29) is 18.4 Å². The molecule has 1 aliphatic rings. The molecule has 0 spiro atoms. The van der Waals surface area contributed by atoms with E-state index in [0.717, 1.165) is 24.8 Å². The molecule has 0 amide bonds. The second-order valence-electron chi connectivity index (χ2n) is 4.65. The van der Waals surface area contributed by atoms with Crippen LogP contribution in [-0.4, -0.2) is 12.3 Å². The first-order chi connectivity index (χ1) is 8.33. The largest absolute Gasteiger partial charge is 0.299 e. The lowest BCUT2D eigenvalue weighted by atomic mass is 9.76. The van der Waals surface area contributed by atoms with Gasteiger partial charge in [-0.05, 0) is 18.4 Å². The molecule has 0 unspecified atom stereocenters. The minimum atomic E-state index is -0.0264. The Hall–Kier alpha value is -1.51. The molecule has 1 saturated carbocycles. The van der Waals surface area contributed by atoms with E-state index in [1.54, 1.807) is 0 Å². The lowest BCUT2D eigenvalue weighted by molar-refractivity contribution is -0.125. The molecule has 17 heavy (non-hydrogen) atoms. The minimum Gasteiger partial charge on any atom is -0.299 e. The van der Waals surface area contributed by atoms with Crippen molar-refractivity contribution >= 4 is 5.78 Å². The van der Waals surface area contributed by atoms with E-state index in [2.05, 4.69) is 5.18 Å². The van der Waals surface area contributed by atoms with Gasteiger partial charge >= 0.3 is 0 Å². The summed E-state index contributed by atoms with van der Waals surface area (Å²) in [5.74, 6) is 0.263. The van der Waals surface area contributed by atoms with Crippen LogP contribution in [0.15, 0.2) is 35.5 Å². The van der Waals surface area contributed by atoms with Crippen molar-refractivity contribution in [2.75, 3.05) is 6.54 Å². The normalized spacial score (nSPS) is 22.1. The monoisotopic (exact) mass is 231 g/mol. The number of nitroso groups, excluding NO2 is 1. The van der Waals surface area contributed by atoms with Crippen LogP contribution in [-0.2, 0) is 4.79 Å². The number of hydrogen-bond donors (Lipinski definition) is 0. The Bertz CT molecular complexity index is 388. The lowest BCUT2D eigenvalue weighted by Gasteiger charge is -2.27. The van der Waals surface area contributed by atoms with Gasteiger partial charge in [-0.25, -0.2) is 0 Å². The van der Waals surface area contributed by atoms with Crippen LogP contribution in [0.25, 0.3) is 0 Å². The van der Waals surface area contributed by atoms with Crippen molar-refractivity contribution in [1.29, 1.82) is 0 Å². The Kier molecular flexibility index (Phi) is 4.02. The number of rotatable bonds is 4. The van der Waals surface area contributed by atoms with Gasteiger partial charge < -0.3 is 0 Å². The molecule has 1 fully saturated rings. The molecule has 3 heteroatoms. The van der Waals surface area contributed by atoms with E-state index >= 15 is 0 Å². The summed E-state index contributed by atoms with van der Waals surface area (Å²) < 4.78 is 0. The topological polar surface area (TPSA) is 46.5 Å². The summed E-state index contributed by atoms with van der Waals surface area (Å²) in [6, 6.07) is 9.80. The molecule has 0 radical (unpaired) electrons. The second kappa shape index (κ2) is 5.71. The highest BCUT2D eigenvalue weighted by Crippen LogP contribution is 2.34. The first kappa shape index (κ1) is 12.0. The van der Waals surface area contributed by atoms with Crippen LogP contribution in [0.1, 0.15) is 37.2 Å². The van der Waals surface area contributed by atoms with E-state index in [1.807, 2.05) is 30.3 Å². The van der Waals surface area contributed by atoms with Crippen molar-refractivity contribution in [3.63, 3.8) is 0 Å². The second-order valence-corrected chi connectivity index (χ2v) is 4.65. The number of benzene rings is 1. The molecule has 3 nitrogen and oxygen atoms in total. The van der Waals surface area contributed by atoms with Crippen LogP contribution in [0.2, 0.25) is 0 Å². The molecule has 0 bridgehead atoms. The van der Waals surface area contributed by atoms with E-state index in [9.17, 15) is 9.70 Å². The van der Waals surface area contributed by atoms with E-state index in [1.165, 1.54) is 0 Å². The Morgan fingerprint density at radius 2 is 2.00 bits per heavy atom. The fraction of sp³-hybridized carbons (Fsp3) is 0.500. The molecular weight excluding hydrogens is 214 g/mol. The fourth-order valence-electron chi connectivity index (χ4n) is 2.68. The van der Waals surface area contributed by atoms with Crippen LogP contribution in [0.3, 0.4) is 0 Å². The molecule has 0 N–H and O–H groups in total. The zero-order valence-corrected chi connectivity index (χ0v) is 9.84. The SMILES string of the molecule is O=NC[C@@H](c1ccccc1)[C@@H]1CCCCC1=O. The van der Waals surface area contributed by atoms with Crippen LogP contribution in [0.5, 0.6) is 0 Å². The predicted molar refractivity (Wildman–Crippen MR) is 66.8 cm³/mol. The summed E-state index contributed by atoms with van der Waals surface area (Å²) in [4.78, 5) is 22.5. The quantitative estimate of drug-likeness (QED) is 0.746. The predicted octanol–water partition coefficient (Wildman–Crippen LogP) is 3.30. The van der Waals surface area contributed by atoms with Gasteiger partial charge in [-0.2, -0.15) is 4.91 Å². The summed E-state index contributed by atoms with van der Waals surface area (Å²) in [6.07, 6.45) is 3.63. The first-order valence-corrected chi connectivity index (χ1v) is 6.19. The number of carbonyl (C=O) groups excluding carboxylic acids is 1. The molecule has 1 aromatic rings. The fourth-order valence-corrected chi connectivity index (χ4v) is 2.68. The Labute approximate surface area is 101 Å². The number of ketones is 1.